The maximum absolute atomic E-state index is 12.7. The number of nitrogens with one attached hydrogen (secondary N) is 2. The number of benzene rings is 2. The summed E-state index contributed by atoms with van der Waals surface area (Å²) in [6.07, 6.45) is 6.69. The third-order valence-electron chi connectivity index (χ3n) is 5.11. The minimum atomic E-state index is -0.479. The van der Waals surface area contributed by atoms with E-state index in [1.807, 2.05) is 68.4 Å². The van der Waals surface area contributed by atoms with Gasteiger partial charge < -0.3 is 10.6 Å². The summed E-state index contributed by atoms with van der Waals surface area (Å²) in [4.78, 5) is 25.7. The molecule has 1 amide bonds. The van der Waals surface area contributed by atoms with Crippen LogP contribution in [0.25, 0.3) is 17.3 Å². The van der Waals surface area contributed by atoms with Gasteiger partial charge in [-0.1, -0.05) is 35.9 Å². The van der Waals surface area contributed by atoms with Crippen molar-refractivity contribution in [3.05, 3.63) is 102 Å². The number of rotatable bonds is 6. The number of nitrogens with zero attached hydrogens (tertiary/aromatic N) is 4. The van der Waals surface area contributed by atoms with Gasteiger partial charge in [0.1, 0.15) is 11.6 Å². The molecule has 0 saturated heterocycles. The second-order valence-corrected chi connectivity index (χ2v) is 7.70. The molecule has 2 N–H and O–H groups in total. The van der Waals surface area contributed by atoms with E-state index in [0.29, 0.717) is 11.6 Å². The van der Waals surface area contributed by atoms with Crippen LogP contribution in [0.2, 0.25) is 0 Å². The van der Waals surface area contributed by atoms with Crippen LogP contribution in [-0.4, -0.2) is 20.9 Å². The molecular formula is C27H22N6O. The van der Waals surface area contributed by atoms with Crippen molar-refractivity contribution in [3.63, 3.8) is 0 Å². The van der Waals surface area contributed by atoms with Gasteiger partial charge in [-0.15, -0.1) is 0 Å². The standard InChI is InChI=1S/C27H22N6O/c1-18-5-8-20(9-6-18)14-22(16-28)26(34)31-23-10-7-19(2)25(15-23)33-27-30-13-11-24(32-27)21-4-3-12-29-17-21/h3-15,17H,1-2H3,(H,31,34)(H,30,32,33)/b22-14+. The molecule has 4 rings (SSSR count). The molecule has 0 atom stereocenters. The van der Waals surface area contributed by atoms with Gasteiger partial charge in [0.25, 0.3) is 5.91 Å². The number of amides is 1. The van der Waals surface area contributed by atoms with Crippen LogP contribution in [0.1, 0.15) is 16.7 Å². The highest BCUT2D eigenvalue weighted by molar-refractivity contribution is 6.09. The van der Waals surface area contributed by atoms with Crippen LogP contribution in [-0.2, 0) is 4.79 Å². The van der Waals surface area contributed by atoms with E-state index >= 15 is 0 Å². The predicted octanol–water partition coefficient (Wildman–Crippen LogP) is 5.44. The molecule has 2 aromatic heterocycles. The van der Waals surface area contributed by atoms with E-state index in [1.54, 1.807) is 36.8 Å². The Hall–Kier alpha value is -4.83. The number of anilines is 3. The van der Waals surface area contributed by atoms with Crippen molar-refractivity contribution < 1.29 is 4.79 Å². The zero-order chi connectivity index (χ0) is 23.9. The van der Waals surface area contributed by atoms with Crippen molar-refractivity contribution in [2.75, 3.05) is 10.6 Å². The van der Waals surface area contributed by atoms with Gasteiger partial charge >= 0.3 is 0 Å². The quantitative estimate of drug-likeness (QED) is 0.302. The highest BCUT2D eigenvalue weighted by atomic mass is 16.1. The minimum absolute atomic E-state index is 0.0199. The Balaban J connectivity index is 1.53. The number of carbonyl (C=O) groups is 1. The maximum atomic E-state index is 12.7. The van der Waals surface area contributed by atoms with Crippen LogP contribution >= 0.6 is 0 Å². The Morgan fingerprint density at radius 3 is 2.59 bits per heavy atom. The Labute approximate surface area is 197 Å². The molecular weight excluding hydrogens is 424 g/mol. The molecule has 0 spiro atoms. The van der Waals surface area contributed by atoms with Gasteiger partial charge in [-0.3, -0.25) is 9.78 Å². The van der Waals surface area contributed by atoms with E-state index in [1.165, 1.54) is 0 Å². The lowest BCUT2D eigenvalue weighted by molar-refractivity contribution is -0.112. The van der Waals surface area contributed by atoms with E-state index in [-0.39, 0.29) is 5.57 Å². The van der Waals surface area contributed by atoms with Gasteiger partial charge in [0.05, 0.1) is 5.69 Å². The van der Waals surface area contributed by atoms with Gasteiger partial charge in [0, 0.05) is 35.5 Å². The SMILES string of the molecule is Cc1ccc(/C=C(\C#N)C(=O)Nc2ccc(C)c(Nc3nccc(-c4cccnc4)n3)c2)cc1. The van der Waals surface area contributed by atoms with Crippen molar-refractivity contribution in [2.24, 2.45) is 0 Å². The lowest BCUT2D eigenvalue weighted by Gasteiger charge is -2.12. The van der Waals surface area contributed by atoms with E-state index in [0.717, 1.165) is 33.6 Å². The lowest BCUT2D eigenvalue weighted by atomic mass is 10.1. The average Bonchev–Trinajstić information content (AvgIpc) is 2.86. The van der Waals surface area contributed by atoms with Crippen LogP contribution in [0.4, 0.5) is 17.3 Å². The molecule has 0 saturated carbocycles. The number of carbonyl (C=O) groups excluding carboxylic acids is 1. The lowest BCUT2D eigenvalue weighted by Crippen LogP contribution is -2.13. The third-order valence-corrected chi connectivity index (χ3v) is 5.11. The van der Waals surface area contributed by atoms with Crippen LogP contribution in [0.3, 0.4) is 0 Å². The summed E-state index contributed by atoms with van der Waals surface area (Å²) in [6.45, 7) is 3.92. The number of nitriles is 1. The first-order chi connectivity index (χ1) is 16.5. The molecule has 7 heteroatoms. The molecule has 0 bridgehead atoms. The molecule has 4 aromatic rings. The first-order valence-corrected chi connectivity index (χ1v) is 10.6. The smallest absolute Gasteiger partial charge is 0.266 e. The molecule has 0 aliphatic carbocycles. The highest BCUT2D eigenvalue weighted by Gasteiger charge is 2.11. The van der Waals surface area contributed by atoms with Gasteiger partial charge in [0.2, 0.25) is 5.95 Å². The molecule has 2 aromatic carbocycles. The van der Waals surface area contributed by atoms with Crippen molar-refractivity contribution in [1.82, 2.24) is 15.0 Å². The summed E-state index contributed by atoms with van der Waals surface area (Å²) in [5.74, 6) is -0.0578. The highest BCUT2D eigenvalue weighted by Crippen LogP contribution is 2.24. The van der Waals surface area contributed by atoms with Crippen LogP contribution < -0.4 is 10.6 Å². The first-order valence-electron chi connectivity index (χ1n) is 10.6. The topological polar surface area (TPSA) is 104 Å². The van der Waals surface area contributed by atoms with Gasteiger partial charge in [-0.05, 0) is 61.4 Å². The van der Waals surface area contributed by atoms with E-state index in [9.17, 15) is 10.1 Å². The summed E-state index contributed by atoms with van der Waals surface area (Å²) in [6, 6.07) is 20.6. The average molecular weight is 447 g/mol. The van der Waals surface area contributed by atoms with E-state index in [2.05, 4.69) is 25.6 Å². The van der Waals surface area contributed by atoms with Crippen LogP contribution in [0.15, 0.2) is 84.8 Å². The van der Waals surface area contributed by atoms with E-state index in [4.69, 9.17) is 0 Å². The molecule has 0 fully saturated rings. The number of aromatic nitrogens is 3. The Bertz CT molecular complexity index is 1390. The molecule has 2 heterocycles. The number of pyridine rings is 1. The Kier molecular flexibility index (Phi) is 6.70. The van der Waals surface area contributed by atoms with E-state index < -0.39 is 5.91 Å². The second kappa shape index (κ2) is 10.2. The van der Waals surface area contributed by atoms with Gasteiger partial charge in [-0.25, -0.2) is 9.97 Å². The number of aryl methyl sites for hydroxylation is 2. The summed E-state index contributed by atoms with van der Waals surface area (Å²) < 4.78 is 0. The molecule has 166 valence electrons. The molecule has 7 nitrogen and oxygen atoms in total. The Morgan fingerprint density at radius 2 is 1.85 bits per heavy atom. The van der Waals surface area contributed by atoms with Crippen molar-refractivity contribution in [3.8, 4) is 17.3 Å². The zero-order valence-electron chi connectivity index (χ0n) is 18.8. The van der Waals surface area contributed by atoms with Crippen molar-refractivity contribution in [2.45, 2.75) is 13.8 Å². The molecule has 0 aliphatic rings. The number of hydrogen-bond acceptors (Lipinski definition) is 6. The minimum Gasteiger partial charge on any atom is -0.324 e. The maximum Gasteiger partial charge on any atom is 0.266 e. The molecule has 0 aliphatic heterocycles. The summed E-state index contributed by atoms with van der Waals surface area (Å²) in [7, 11) is 0. The normalized spacial score (nSPS) is 10.9. The van der Waals surface area contributed by atoms with Crippen LogP contribution in [0, 0.1) is 25.2 Å². The number of hydrogen-bond donors (Lipinski definition) is 2. The molecule has 34 heavy (non-hydrogen) atoms. The predicted molar refractivity (Wildman–Crippen MR) is 133 cm³/mol. The zero-order valence-corrected chi connectivity index (χ0v) is 18.8. The third kappa shape index (κ3) is 5.50. The summed E-state index contributed by atoms with van der Waals surface area (Å²) >= 11 is 0. The van der Waals surface area contributed by atoms with Gasteiger partial charge in [0.15, 0.2) is 0 Å². The largest absolute Gasteiger partial charge is 0.324 e. The Morgan fingerprint density at radius 1 is 1.03 bits per heavy atom. The fraction of sp³-hybridized carbons (Fsp3) is 0.0741. The fourth-order valence-corrected chi connectivity index (χ4v) is 3.23. The fourth-order valence-electron chi connectivity index (χ4n) is 3.23. The van der Waals surface area contributed by atoms with Crippen molar-refractivity contribution in [1.29, 1.82) is 5.26 Å². The second-order valence-electron chi connectivity index (χ2n) is 7.70. The van der Waals surface area contributed by atoms with Crippen LogP contribution in [0.5, 0.6) is 0 Å². The molecule has 0 radical (unpaired) electrons. The molecule has 0 unspecified atom stereocenters. The monoisotopic (exact) mass is 446 g/mol. The van der Waals surface area contributed by atoms with Gasteiger partial charge in [-0.2, -0.15) is 5.26 Å². The van der Waals surface area contributed by atoms with Crippen molar-refractivity contribution >= 4 is 29.3 Å². The summed E-state index contributed by atoms with van der Waals surface area (Å²) in [5.41, 5.74) is 5.77. The first kappa shape index (κ1) is 22.4. The summed E-state index contributed by atoms with van der Waals surface area (Å²) in [5, 5.41) is 15.5.